The van der Waals surface area contributed by atoms with E-state index in [1.807, 2.05) is 0 Å². The van der Waals surface area contributed by atoms with Crippen LogP contribution >= 0.6 is 0 Å². The van der Waals surface area contributed by atoms with Crippen LogP contribution in [0.5, 0.6) is 0 Å². The average Bonchev–Trinajstić information content (AvgIpc) is 2.03. The molecule has 5 heteroatoms. The maximum absolute atomic E-state index is 8.85. The van der Waals surface area contributed by atoms with Crippen molar-refractivity contribution in [3.8, 4) is 0 Å². The van der Waals surface area contributed by atoms with Gasteiger partial charge in [0.1, 0.15) is 0 Å². The summed E-state index contributed by atoms with van der Waals surface area (Å²) in [6.45, 7) is 1.73. The lowest BCUT2D eigenvalue weighted by Crippen LogP contribution is -2.19. The first-order valence-corrected chi connectivity index (χ1v) is 3.61. The number of hydrogen-bond acceptors (Lipinski definition) is 4. The molecule has 0 fully saturated rings. The van der Waals surface area contributed by atoms with Crippen LogP contribution in [0, 0.1) is 0 Å². The van der Waals surface area contributed by atoms with Gasteiger partial charge in [-0.3, -0.25) is 0 Å². The summed E-state index contributed by atoms with van der Waals surface area (Å²) >= 11 is 0. The third-order valence-electron chi connectivity index (χ3n) is 1.78. The molecule has 1 aliphatic carbocycles. The lowest BCUT2D eigenvalue weighted by molar-refractivity contribution is 0.318. The molecule has 0 saturated heterocycles. The normalized spacial score (nSPS) is 20.4. The molecule has 0 amide bonds. The number of rotatable bonds is 1. The number of allylic oxidation sites excluding steroid dienone is 4. The van der Waals surface area contributed by atoms with Crippen LogP contribution in [-0.2, 0) is 0 Å². The summed E-state index contributed by atoms with van der Waals surface area (Å²) < 4.78 is 0. The molecule has 0 spiro atoms. The number of hydrogen-bond donors (Lipinski definition) is 3. The van der Waals surface area contributed by atoms with Gasteiger partial charge in [0.05, 0.1) is 5.71 Å². The second kappa shape index (κ2) is 3.56. The van der Waals surface area contributed by atoms with Crippen molar-refractivity contribution in [3.63, 3.8) is 0 Å². The molecular weight excluding hydrogens is 157 g/mol. The average molecular weight is 167 g/mol. The molecule has 1 aliphatic rings. The van der Waals surface area contributed by atoms with Gasteiger partial charge in [0.2, 0.25) is 0 Å². The summed E-state index contributed by atoms with van der Waals surface area (Å²) in [6, 6.07) is 0. The third kappa shape index (κ3) is 1.75. The van der Waals surface area contributed by atoms with Gasteiger partial charge in [-0.2, -0.15) is 0 Å². The molecule has 0 aromatic heterocycles. The van der Waals surface area contributed by atoms with Gasteiger partial charge >= 0.3 is 7.12 Å². The molecule has 0 heterocycles. The van der Waals surface area contributed by atoms with Crippen molar-refractivity contribution >= 4 is 12.8 Å². The number of oxime groups is 1. The maximum atomic E-state index is 8.85. The van der Waals surface area contributed by atoms with E-state index in [1.165, 1.54) is 0 Å². The van der Waals surface area contributed by atoms with Crippen molar-refractivity contribution in [1.82, 2.24) is 0 Å². The summed E-state index contributed by atoms with van der Waals surface area (Å²) in [7, 11) is -1.44. The van der Waals surface area contributed by atoms with Crippen LogP contribution in [-0.4, -0.2) is 28.1 Å². The molecule has 0 saturated carbocycles. The summed E-state index contributed by atoms with van der Waals surface area (Å²) in [4.78, 5) is 0. The molecule has 0 aromatic carbocycles. The second-order valence-corrected chi connectivity index (χ2v) is 2.66. The van der Waals surface area contributed by atoms with Crippen molar-refractivity contribution in [3.05, 3.63) is 23.2 Å². The minimum absolute atomic E-state index is 0.431. The number of nitrogens with zero attached hydrogens (tertiary/aromatic N) is 1. The van der Waals surface area contributed by atoms with Gasteiger partial charge < -0.3 is 15.3 Å². The molecule has 12 heavy (non-hydrogen) atoms. The fraction of sp³-hybridized carbons (Fsp3) is 0.286. The first-order chi connectivity index (χ1) is 5.65. The van der Waals surface area contributed by atoms with Gasteiger partial charge in [-0.1, -0.05) is 11.2 Å². The third-order valence-corrected chi connectivity index (χ3v) is 1.78. The lowest BCUT2D eigenvalue weighted by atomic mass is 9.72. The van der Waals surface area contributed by atoms with Crippen LogP contribution < -0.4 is 0 Å². The van der Waals surface area contributed by atoms with E-state index in [-0.39, 0.29) is 0 Å². The van der Waals surface area contributed by atoms with Crippen LogP contribution in [0.1, 0.15) is 13.3 Å². The lowest BCUT2D eigenvalue weighted by Gasteiger charge is -2.11. The Hall–Kier alpha value is -1.07. The molecule has 0 aromatic rings. The minimum atomic E-state index is -1.44. The van der Waals surface area contributed by atoms with Crippen molar-refractivity contribution in [2.45, 2.75) is 13.3 Å². The molecule has 1 rings (SSSR count). The highest BCUT2D eigenvalue weighted by Gasteiger charge is 2.19. The molecule has 0 unspecified atom stereocenters. The zero-order valence-electron chi connectivity index (χ0n) is 6.73. The molecule has 4 nitrogen and oxygen atoms in total. The zero-order valence-corrected chi connectivity index (χ0v) is 6.73. The summed E-state index contributed by atoms with van der Waals surface area (Å²) in [5, 5.41) is 29.1. The van der Waals surface area contributed by atoms with E-state index >= 15 is 0 Å². The van der Waals surface area contributed by atoms with E-state index < -0.39 is 7.12 Å². The fourth-order valence-corrected chi connectivity index (χ4v) is 1.15. The first kappa shape index (κ1) is 9.03. The SMILES string of the molecule is CC1=C/C(=N\O)CC=C1B(O)O. The van der Waals surface area contributed by atoms with Crippen LogP contribution in [0.2, 0.25) is 0 Å². The van der Waals surface area contributed by atoms with Gasteiger partial charge in [-0.25, -0.2) is 0 Å². The van der Waals surface area contributed by atoms with Crippen LogP contribution in [0.15, 0.2) is 28.4 Å². The molecule has 3 N–H and O–H groups in total. The van der Waals surface area contributed by atoms with Gasteiger partial charge in [0.15, 0.2) is 0 Å². The smallest absolute Gasteiger partial charge is 0.423 e. The van der Waals surface area contributed by atoms with Crippen molar-refractivity contribution in [2.75, 3.05) is 0 Å². The predicted octanol–water partition coefficient (Wildman–Crippen LogP) is 0.105. The maximum Gasteiger partial charge on any atom is 0.488 e. The minimum Gasteiger partial charge on any atom is -0.423 e. The Labute approximate surface area is 70.7 Å². The fourth-order valence-electron chi connectivity index (χ4n) is 1.15. The highest BCUT2D eigenvalue weighted by atomic mass is 16.4. The van der Waals surface area contributed by atoms with E-state index in [4.69, 9.17) is 15.3 Å². The van der Waals surface area contributed by atoms with Crippen molar-refractivity contribution < 1.29 is 15.3 Å². The second-order valence-electron chi connectivity index (χ2n) is 2.66. The van der Waals surface area contributed by atoms with E-state index in [2.05, 4.69) is 5.16 Å². The van der Waals surface area contributed by atoms with E-state index in [9.17, 15) is 0 Å². The highest BCUT2D eigenvalue weighted by Crippen LogP contribution is 2.17. The van der Waals surface area contributed by atoms with Crippen molar-refractivity contribution in [2.24, 2.45) is 5.16 Å². The Morgan fingerprint density at radius 1 is 1.50 bits per heavy atom. The summed E-state index contributed by atoms with van der Waals surface area (Å²) in [5.74, 6) is 0. The summed E-state index contributed by atoms with van der Waals surface area (Å²) in [5.41, 5.74) is 1.71. The molecule has 0 atom stereocenters. The Morgan fingerprint density at radius 3 is 2.58 bits per heavy atom. The summed E-state index contributed by atoms with van der Waals surface area (Å²) in [6.07, 6.45) is 3.69. The molecule has 0 bridgehead atoms. The van der Waals surface area contributed by atoms with Gasteiger partial charge in [0, 0.05) is 6.42 Å². The Morgan fingerprint density at radius 2 is 2.17 bits per heavy atom. The molecule has 64 valence electrons. The van der Waals surface area contributed by atoms with Crippen LogP contribution in [0.4, 0.5) is 0 Å². The highest BCUT2D eigenvalue weighted by molar-refractivity contribution is 6.52. The Bertz CT molecular complexity index is 268. The topological polar surface area (TPSA) is 73.1 Å². The largest absolute Gasteiger partial charge is 0.488 e. The Balaban J connectivity index is 2.86. The van der Waals surface area contributed by atoms with Crippen molar-refractivity contribution in [1.29, 1.82) is 0 Å². The van der Waals surface area contributed by atoms with E-state index in [0.717, 1.165) is 0 Å². The van der Waals surface area contributed by atoms with Crippen LogP contribution in [0.25, 0.3) is 0 Å². The monoisotopic (exact) mass is 167 g/mol. The predicted molar refractivity (Wildman–Crippen MR) is 45.9 cm³/mol. The molecule has 0 radical (unpaired) electrons. The van der Waals surface area contributed by atoms with E-state index in [0.29, 0.717) is 23.2 Å². The molecule has 0 aliphatic heterocycles. The molecular formula is C7H10BNO3. The van der Waals surface area contributed by atoms with Gasteiger partial charge in [0.25, 0.3) is 0 Å². The van der Waals surface area contributed by atoms with Gasteiger partial charge in [-0.05, 0) is 24.0 Å². The standard InChI is InChI=1S/C7H10BNO3/c1-5-4-6(9-12)2-3-7(5)8(10)11/h3-4,10-12H,2H2,1H3/b9-6-. The Kier molecular flexibility index (Phi) is 2.67. The van der Waals surface area contributed by atoms with E-state index in [1.54, 1.807) is 19.1 Å². The first-order valence-electron chi connectivity index (χ1n) is 3.61. The quantitative estimate of drug-likeness (QED) is 0.294. The van der Waals surface area contributed by atoms with Gasteiger partial charge in [-0.15, -0.1) is 0 Å². The zero-order chi connectivity index (χ0) is 9.14. The van der Waals surface area contributed by atoms with Crippen LogP contribution in [0.3, 0.4) is 0 Å².